The summed E-state index contributed by atoms with van der Waals surface area (Å²) < 4.78 is 0. The molecule has 0 aromatic rings. The molecule has 0 aromatic carbocycles. The SMILES string of the molecule is CC(O)CCC(=O)[O-].CC(O)CCC(=O)[O-].CC(O)CCC(=O)[O-].[Fe+3]. The maximum atomic E-state index is 9.68. The van der Waals surface area contributed by atoms with Crippen LogP contribution in [0.5, 0.6) is 0 Å². The standard InChI is InChI=1S/3C5H10O3.Fe/c3*1-4(6)2-3-5(7)8;/h3*4,6H,2-3H2,1H3,(H,7,8);/q;;;+3/p-3. The molecule has 25 heavy (non-hydrogen) atoms. The van der Waals surface area contributed by atoms with Gasteiger partial charge in [0.25, 0.3) is 0 Å². The number of aliphatic hydroxyl groups excluding tert-OH is 3. The molecule has 3 unspecified atom stereocenters. The summed E-state index contributed by atoms with van der Waals surface area (Å²) in [5.41, 5.74) is 0. The number of aliphatic hydroxyl groups is 3. The topological polar surface area (TPSA) is 181 Å². The van der Waals surface area contributed by atoms with Gasteiger partial charge in [0.05, 0.1) is 18.3 Å². The van der Waals surface area contributed by atoms with Gasteiger partial charge in [-0.05, 0) is 59.3 Å². The van der Waals surface area contributed by atoms with Crippen LogP contribution in [0.1, 0.15) is 59.3 Å². The molecular formula is C15H27FeO9. The number of hydrogen-bond acceptors (Lipinski definition) is 9. The van der Waals surface area contributed by atoms with Crippen molar-refractivity contribution in [2.75, 3.05) is 0 Å². The van der Waals surface area contributed by atoms with E-state index in [9.17, 15) is 29.7 Å². The zero-order valence-corrected chi connectivity index (χ0v) is 15.7. The Morgan fingerprint density at radius 1 is 0.640 bits per heavy atom. The molecule has 9 nitrogen and oxygen atoms in total. The van der Waals surface area contributed by atoms with Crippen LogP contribution >= 0.6 is 0 Å². The monoisotopic (exact) mass is 407 g/mol. The third kappa shape index (κ3) is 51.8. The van der Waals surface area contributed by atoms with Gasteiger partial charge in [-0.25, -0.2) is 0 Å². The summed E-state index contributed by atoms with van der Waals surface area (Å²) in [6.07, 6.45) is -0.936. The van der Waals surface area contributed by atoms with E-state index in [0.29, 0.717) is 0 Å². The fourth-order valence-electron chi connectivity index (χ4n) is 0.980. The van der Waals surface area contributed by atoms with Gasteiger partial charge in [0.15, 0.2) is 0 Å². The molecule has 149 valence electrons. The second-order valence-corrected chi connectivity index (χ2v) is 5.28. The maximum Gasteiger partial charge on any atom is 3.00 e. The number of carboxylic acids is 3. The molecule has 0 amide bonds. The zero-order chi connectivity index (χ0) is 19.7. The normalized spacial score (nSPS) is 12.7. The molecule has 0 bridgehead atoms. The Labute approximate surface area is 158 Å². The van der Waals surface area contributed by atoms with Crippen molar-refractivity contribution in [1.29, 1.82) is 0 Å². The van der Waals surface area contributed by atoms with Crippen molar-refractivity contribution < 1.29 is 62.1 Å². The van der Waals surface area contributed by atoms with Crippen LogP contribution in [0.2, 0.25) is 0 Å². The van der Waals surface area contributed by atoms with E-state index in [1.54, 1.807) is 20.8 Å². The number of carbonyl (C=O) groups is 3. The Bertz CT molecular complexity index is 292. The van der Waals surface area contributed by atoms with E-state index in [-0.39, 0.29) is 55.6 Å². The average molecular weight is 407 g/mol. The fraction of sp³-hybridized carbons (Fsp3) is 0.800. The maximum absolute atomic E-state index is 9.68. The fourth-order valence-corrected chi connectivity index (χ4v) is 0.980. The first-order valence-corrected chi connectivity index (χ1v) is 7.52. The van der Waals surface area contributed by atoms with Crippen LogP contribution in [-0.4, -0.2) is 51.5 Å². The van der Waals surface area contributed by atoms with Gasteiger partial charge in [0, 0.05) is 17.9 Å². The van der Waals surface area contributed by atoms with Crippen molar-refractivity contribution in [1.82, 2.24) is 0 Å². The predicted octanol–water partition coefficient (Wildman–Crippen LogP) is -3.31. The molecule has 0 saturated heterocycles. The largest absolute Gasteiger partial charge is 3.00 e. The van der Waals surface area contributed by atoms with Crippen LogP contribution in [0.25, 0.3) is 0 Å². The van der Waals surface area contributed by atoms with E-state index in [1.807, 2.05) is 0 Å². The van der Waals surface area contributed by atoms with Gasteiger partial charge in [-0.15, -0.1) is 0 Å². The molecule has 0 rings (SSSR count). The quantitative estimate of drug-likeness (QED) is 0.330. The summed E-state index contributed by atoms with van der Waals surface area (Å²) in [7, 11) is 0. The molecule has 0 fully saturated rings. The van der Waals surface area contributed by atoms with Crippen LogP contribution in [0.4, 0.5) is 0 Å². The molecule has 10 heteroatoms. The summed E-state index contributed by atoms with van der Waals surface area (Å²) in [4.78, 5) is 29.0. The Morgan fingerprint density at radius 3 is 0.840 bits per heavy atom. The molecule has 0 spiro atoms. The molecule has 3 N–H and O–H groups in total. The molecule has 0 heterocycles. The van der Waals surface area contributed by atoms with Crippen molar-refractivity contribution in [3.63, 3.8) is 0 Å². The first kappa shape index (κ1) is 31.6. The number of carbonyl (C=O) groups excluding carboxylic acids is 3. The minimum Gasteiger partial charge on any atom is -0.550 e. The van der Waals surface area contributed by atoms with Gasteiger partial charge in [-0.3, -0.25) is 0 Å². The minimum absolute atomic E-state index is 0. The Balaban J connectivity index is -0.000000130. The van der Waals surface area contributed by atoms with Crippen LogP contribution < -0.4 is 15.3 Å². The predicted molar refractivity (Wildman–Crippen MR) is 77.8 cm³/mol. The third-order valence-electron chi connectivity index (χ3n) is 2.30. The molecule has 1 radical (unpaired) electrons. The van der Waals surface area contributed by atoms with Crippen molar-refractivity contribution in [3.05, 3.63) is 0 Å². The van der Waals surface area contributed by atoms with Crippen LogP contribution in [0.3, 0.4) is 0 Å². The number of carboxylic acid groups (broad SMARTS) is 3. The molecule has 0 aliphatic rings. The van der Waals surface area contributed by atoms with Crippen molar-refractivity contribution in [3.8, 4) is 0 Å². The summed E-state index contributed by atoms with van der Waals surface area (Å²) in [6, 6.07) is 0. The van der Waals surface area contributed by atoms with E-state index in [2.05, 4.69) is 0 Å². The zero-order valence-electron chi connectivity index (χ0n) is 14.6. The summed E-state index contributed by atoms with van der Waals surface area (Å²) in [5, 5.41) is 54.6. The van der Waals surface area contributed by atoms with Gasteiger partial charge < -0.3 is 45.0 Å². The Hall–Kier alpha value is -1.19. The van der Waals surface area contributed by atoms with E-state index < -0.39 is 36.2 Å². The Kier molecular flexibility index (Phi) is 26.3. The molecule has 0 aliphatic carbocycles. The van der Waals surface area contributed by atoms with Crippen molar-refractivity contribution in [2.24, 2.45) is 0 Å². The summed E-state index contributed by atoms with van der Waals surface area (Å²) in [5.74, 6) is -3.32. The van der Waals surface area contributed by atoms with Crippen LogP contribution in [0, 0.1) is 0 Å². The second-order valence-electron chi connectivity index (χ2n) is 5.28. The smallest absolute Gasteiger partial charge is 0.550 e. The third-order valence-corrected chi connectivity index (χ3v) is 2.30. The van der Waals surface area contributed by atoms with Crippen LogP contribution in [0.15, 0.2) is 0 Å². The van der Waals surface area contributed by atoms with E-state index in [0.717, 1.165) is 0 Å². The van der Waals surface area contributed by atoms with Gasteiger partial charge in [-0.1, -0.05) is 0 Å². The van der Waals surface area contributed by atoms with E-state index >= 15 is 0 Å². The summed E-state index contributed by atoms with van der Waals surface area (Å²) in [6.45, 7) is 4.63. The molecule has 3 atom stereocenters. The first-order valence-electron chi connectivity index (χ1n) is 7.52. The van der Waals surface area contributed by atoms with Crippen LogP contribution in [-0.2, 0) is 31.5 Å². The van der Waals surface area contributed by atoms with Crippen molar-refractivity contribution >= 4 is 17.9 Å². The van der Waals surface area contributed by atoms with Gasteiger partial charge in [0.2, 0.25) is 0 Å². The minimum atomic E-state index is -1.11. The number of aliphatic carboxylic acids is 3. The van der Waals surface area contributed by atoms with E-state index in [1.165, 1.54) is 0 Å². The number of rotatable bonds is 9. The molecular weight excluding hydrogens is 380 g/mol. The van der Waals surface area contributed by atoms with Gasteiger partial charge in [-0.2, -0.15) is 0 Å². The van der Waals surface area contributed by atoms with Gasteiger partial charge >= 0.3 is 17.1 Å². The Morgan fingerprint density at radius 2 is 0.800 bits per heavy atom. The summed E-state index contributed by atoms with van der Waals surface area (Å²) >= 11 is 0. The van der Waals surface area contributed by atoms with Gasteiger partial charge in [0.1, 0.15) is 0 Å². The average Bonchev–Trinajstić information content (AvgIpc) is 2.42. The first-order chi connectivity index (χ1) is 10.9. The number of hydrogen-bond donors (Lipinski definition) is 3. The molecule has 0 saturated carbocycles. The van der Waals surface area contributed by atoms with Crippen molar-refractivity contribution in [2.45, 2.75) is 77.6 Å². The molecule has 0 aromatic heterocycles. The molecule has 0 aliphatic heterocycles. The second kappa shape index (κ2) is 20.9. The van der Waals surface area contributed by atoms with E-state index in [4.69, 9.17) is 15.3 Å².